The number of amides is 1. The van der Waals surface area contributed by atoms with Crippen LogP contribution in [0.1, 0.15) is 39.2 Å². The molecule has 0 radical (unpaired) electrons. The normalized spacial score (nSPS) is 15.6. The van der Waals surface area contributed by atoms with Crippen molar-refractivity contribution in [1.29, 1.82) is 5.26 Å². The number of alkyl carbamates (subject to hydrolysis) is 1. The molecule has 0 aromatic heterocycles. The molecule has 0 spiro atoms. The van der Waals surface area contributed by atoms with Crippen LogP contribution >= 0.6 is 11.6 Å². The molecule has 0 atom stereocenters. The van der Waals surface area contributed by atoms with Crippen molar-refractivity contribution in [3.05, 3.63) is 28.8 Å². The maximum Gasteiger partial charge on any atom is 0.408 e. The second kappa shape index (κ2) is 6.05. The summed E-state index contributed by atoms with van der Waals surface area (Å²) in [6, 6.07) is 6.87. The molecule has 5 nitrogen and oxygen atoms in total. The molecule has 0 saturated heterocycles. The third-order valence-electron chi connectivity index (χ3n) is 3.18. The monoisotopic (exact) mass is 322 g/mol. The lowest BCUT2D eigenvalue weighted by molar-refractivity contribution is 0.0477. The Morgan fingerprint density at radius 2 is 2.14 bits per heavy atom. The lowest BCUT2D eigenvalue weighted by Gasteiger charge is -2.23. The van der Waals surface area contributed by atoms with Gasteiger partial charge >= 0.3 is 6.09 Å². The zero-order valence-electron chi connectivity index (χ0n) is 12.9. The van der Waals surface area contributed by atoms with Crippen LogP contribution in [-0.4, -0.2) is 23.8 Å². The number of rotatable bonds is 4. The smallest absolute Gasteiger partial charge is 0.408 e. The maximum atomic E-state index is 11.8. The zero-order chi connectivity index (χ0) is 16.4. The summed E-state index contributed by atoms with van der Waals surface area (Å²) < 4.78 is 10.9. The van der Waals surface area contributed by atoms with E-state index < -0.39 is 11.7 Å². The summed E-state index contributed by atoms with van der Waals surface area (Å²) in [7, 11) is 0. The molecule has 1 saturated carbocycles. The molecule has 0 bridgehead atoms. The summed E-state index contributed by atoms with van der Waals surface area (Å²) in [5.74, 6) is 0.498. The predicted molar refractivity (Wildman–Crippen MR) is 83.0 cm³/mol. The van der Waals surface area contributed by atoms with E-state index in [1.54, 1.807) is 18.2 Å². The van der Waals surface area contributed by atoms with Crippen molar-refractivity contribution in [3.63, 3.8) is 0 Å². The van der Waals surface area contributed by atoms with Gasteiger partial charge in [0.15, 0.2) is 0 Å². The second-order valence-electron chi connectivity index (χ2n) is 6.45. The number of halogens is 1. The first-order valence-electron chi connectivity index (χ1n) is 7.07. The number of benzene rings is 1. The molecular formula is C16H19ClN2O3. The van der Waals surface area contributed by atoms with Gasteiger partial charge in [0, 0.05) is 0 Å². The lowest BCUT2D eigenvalue weighted by Crippen LogP contribution is -2.44. The summed E-state index contributed by atoms with van der Waals surface area (Å²) in [5, 5.41) is 12.0. The van der Waals surface area contributed by atoms with Crippen molar-refractivity contribution in [3.8, 4) is 11.8 Å². The van der Waals surface area contributed by atoms with E-state index in [1.807, 2.05) is 26.8 Å². The first-order chi connectivity index (χ1) is 10.2. The molecule has 22 heavy (non-hydrogen) atoms. The molecule has 118 valence electrons. The predicted octanol–water partition coefficient (Wildman–Crippen LogP) is 3.65. The van der Waals surface area contributed by atoms with Gasteiger partial charge in [0.25, 0.3) is 0 Å². The first-order valence-corrected chi connectivity index (χ1v) is 7.44. The van der Waals surface area contributed by atoms with E-state index in [4.69, 9.17) is 26.3 Å². The van der Waals surface area contributed by atoms with E-state index in [1.165, 1.54) is 0 Å². The highest BCUT2D eigenvalue weighted by Gasteiger charge is 2.46. The van der Waals surface area contributed by atoms with Gasteiger partial charge in [0.2, 0.25) is 0 Å². The fraction of sp³-hybridized carbons (Fsp3) is 0.500. The van der Waals surface area contributed by atoms with Gasteiger partial charge in [-0.05, 0) is 51.8 Å². The summed E-state index contributed by atoms with van der Waals surface area (Å²) in [6.45, 7) is 5.77. The standard InChI is InChI=1S/C16H19ClN2O3/c1-15(2,3)22-14(20)19-16(6-7-16)10-21-13-5-4-11(9-18)8-12(13)17/h4-5,8H,6-7,10H2,1-3H3,(H,19,20). The average molecular weight is 323 g/mol. The Morgan fingerprint density at radius 1 is 1.45 bits per heavy atom. The molecule has 6 heteroatoms. The van der Waals surface area contributed by atoms with Crippen LogP contribution in [0.4, 0.5) is 4.79 Å². The largest absolute Gasteiger partial charge is 0.490 e. The fourth-order valence-electron chi connectivity index (χ4n) is 1.88. The van der Waals surface area contributed by atoms with Gasteiger partial charge < -0.3 is 14.8 Å². The van der Waals surface area contributed by atoms with E-state index >= 15 is 0 Å². The Bertz CT molecular complexity index is 613. The summed E-state index contributed by atoms with van der Waals surface area (Å²) in [4.78, 5) is 11.8. The number of carbonyl (C=O) groups is 1. The molecule has 1 aromatic rings. The number of hydrogen-bond acceptors (Lipinski definition) is 4. The number of carbonyl (C=O) groups excluding carboxylic acids is 1. The molecule has 2 rings (SSSR count). The minimum Gasteiger partial charge on any atom is -0.490 e. The van der Waals surface area contributed by atoms with Crippen molar-refractivity contribution in [2.45, 2.75) is 44.8 Å². The number of hydrogen-bond donors (Lipinski definition) is 1. The Morgan fingerprint density at radius 3 is 2.64 bits per heavy atom. The van der Waals surface area contributed by atoms with E-state index in [0.29, 0.717) is 22.9 Å². The van der Waals surface area contributed by atoms with Gasteiger partial charge in [0.1, 0.15) is 18.0 Å². The molecule has 1 aliphatic rings. The Kier molecular flexibility index (Phi) is 4.52. The van der Waals surface area contributed by atoms with Crippen LogP contribution in [0.25, 0.3) is 0 Å². The topological polar surface area (TPSA) is 71.3 Å². The molecule has 1 fully saturated rings. The van der Waals surface area contributed by atoms with Gasteiger partial charge in [-0.3, -0.25) is 0 Å². The minimum absolute atomic E-state index is 0.317. The Labute approximate surface area is 135 Å². The van der Waals surface area contributed by atoms with E-state index in [0.717, 1.165) is 12.8 Å². The van der Waals surface area contributed by atoms with E-state index in [-0.39, 0.29) is 5.54 Å². The molecule has 1 N–H and O–H groups in total. The van der Waals surface area contributed by atoms with Crippen LogP contribution in [-0.2, 0) is 4.74 Å². The molecule has 0 heterocycles. The minimum atomic E-state index is -0.530. The summed E-state index contributed by atoms with van der Waals surface area (Å²) in [6.07, 6.45) is 1.22. The van der Waals surface area contributed by atoms with Gasteiger partial charge in [-0.1, -0.05) is 11.6 Å². The van der Waals surface area contributed by atoms with Gasteiger partial charge in [-0.2, -0.15) is 5.26 Å². The number of ether oxygens (including phenoxy) is 2. The van der Waals surface area contributed by atoms with Crippen LogP contribution in [0.15, 0.2) is 18.2 Å². The van der Waals surface area contributed by atoms with Crippen molar-refractivity contribution in [2.75, 3.05) is 6.61 Å². The highest BCUT2D eigenvalue weighted by Crippen LogP contribution is 2.37. The van der Waals surface area contributed by atoms with Crippen LogP contribution < -0.4 is 10.1 Å². The second-order valence-corrected chi connectivity index (χ2v) is 6.86. The van der Waals surface area contributed by atoms with E-state index in [2.05, 4.69) is 5.32 Å². The third-order valence-corrected chi connectivity index (χ3v) is 3.48. The van der Waals surface area contributed by atoms with Gasteiger partial charge in [-0.25, -0.2) is 4.79 Å². The summed E-state index contributed by atoms with van der Waals surface area (Å²) >= 11 is 6.06. The van der Waals surface area contributed by atoms with Gasteiger partial charge in [0.05, 0.1) is 22.2 Å². The van der Waals surface area contributed by atoms with E-state index in [9.17, 15) is 4.79 Å². The quantitative estimate of drug-likeness (QED) is 0.918. The highest BCUT2D eigenvalue weighted by atomic mass is 35.5. The van der Waals surface area contributed by atoms with Crippen LogP contribution in [0, 0.1) is 11.3 Å². The molecular weight excluding hydrogens is 304 g/mol. The van der Waals surface area contributed by atoms with Gasteiger partial charge in [-0.15, -0.1) is 0 Å². The fourth-order valence-corrected chi connectivity index (χ4v) is 2.11. The van der Waals surface area contributed by atoms with Crippen molar-refractivity contribution in [1.82, 2.24) is 5.32 Å². The van der Waals surface area contributed by atoms with Crippen molar-refractivity contribution < 1.29 is 14.3 Å². The zero-order valence-corrected chi connectivity index (χ0v) is 13.7. The first kappa shape index (κ1) is 16.4. The molecule has 1 aromatic carbocycles. The average Bonchev–Trinajstić information content (AvgIpc) is 3.14. The Hall–Kier alpha value is -1.93. The molecule has 1 aliphatic carbocycles. The molecule has 0 unspecified atom stereocenters. The Balaban J connectivity index is 1.91. The van der Waals surface area contributed by atoms with Crippen LogP contribution in [0.2, 0.25) is 5.02 Å². The highest BCUT2D eigenvalue weighted by molar-refractivity contribution is 6.32. The van der Waals surface area contributed by atoms with Crippen LogP contribution in [0.3, 0.4) is 0 Å². The number of nitrogens with zero attached hydrogens (tertiary/aromatic N) is 1. The van der Waals surface area contributed by atoms with Crippen molar-refractivity contribution in [2.24, 2.45) is 0 Å². The maximum absolute atomic E-state index is 11.8. The molecule has 0 aliphatic heterocycles. The van der Waals surface area contributed by atoms with Crippen LogP contribution in [0.5, 0.6) is 5.75 Å². The molecule has 1 amide bonds. The number of nitrogens with one attached hydrogen (secondary N) is 1. The third kappa shape index (κ3) is 4.54. The van der Waals surface area contributed by atoms with Crippen molar-refractivity contribution >= 4 is 17.7 Å². The lowest BCUT2D eigenvalue weighted by atomic mass is 10.2. The summed E-state index contributed by atoms with van der Waals surface area (Å²) in [5.41, 5.74) is -0.442. The SMILES string of the molecule is CC(C)(C)OC(=O)NC1(COc2ccc(C#N)cc2Cl)CC1. The number of nitriles is 1.